The molecule has 3 aromatic rings. The van der Waals surface area contributed by atoms with Crippen LogP contribution in [0, 0.1) is 6.92 Å². The Kier molecular flexibility index (Phi) is 3.31. The van der Waals surface area contributed by atoms with E-state index in [0.29, 0.717) is 27.3 Å². The van der Waals surface area contributed by atoms with Crippen LogP contribution in [-0.4, -0.2) is 21.0 Å². The maximum absolute atomic E-state index is 11.5. The third-order valence-corrected chi connectivity index (χ3v) is 3.44. The number of aromatic nitrogens is 2. The average molecular weight is 299 g/mol. The van der Waals surface area contributed by atoms with E-state index >= 15 is 0 Å². The van der Waals surface area contributed by atoms with Crippen molar-refractivity contribution in [2.24, 2.45) is 0 Å². The molecular formula is C16H11ClN2O2. The maximum Gasteiger partial charge on any atom is 0.336 e. The van der Waals surface area contributed by atoms with Crippen LogP contribution in [0.3, 0.4) is 0 Å². The molecule has 0 aliphatic heterocycles. The summed E-state index contributed by atoms with van der Waals surface area (Å²) in [5, 5.41) is 10.5. The highest BCUT2D eigenvalue weighted by molar-refractivity contribution is 6.31. The van der Waals surface area contributed by atoms with Crippen LogP contribution in [0.4, 0.5) is 0 Å². The molecule has 0 bridgehead atoms. The number of halogens is 1. The van der Waals surface area contributed by atoms with Gasteiger partial charge in [0.15, 0.2) is 0 Å². The number of rotatable bonds is 2. The molecule has 0 aliphatic carbocycles. The Bertz CT molecular complexity index is 848. The standard InChI is InChI=1S/C16H11ClN2O2/c1-9-6-10(17)7-11-12(16(20)21)8-14(19-15(9)11)13-4-2-3-5-18-13/h2-8H,1H3,(H,20,21). The van der Waals surface area contributed by atoms with Gasteiger partial charge in [0.1, 0.15) is 0 Å². The van der Waals surface area contributed by atoms with Crippen molar-refractivity contribution < 1.29 is 9.90 Å². The van der Waals surface area contributed by atoms with Crippen LogP contribution < -0.4 is 0 Å². The number of pyridine rings is 2. The zero-order valence-corrected chi connectivity index (χ0v) is 11.9. The van der Waals surface area contributed by atoms with Crippen molar-refractivity contribution in [3.63, 3.8) is 0 Å². The van der Waals surface area contributed by atoms with E-state index in [1.165, 1.54) is 6.07 Å². The SMILES string of the molecule is Cc1cc(Cl)cc2c(C(=O)O)cc(-c3ccccn3)nc12. The summed E-state index contributed by atoms with van der Waals surface area (Å²) in [6.07, 6.45) is 1.65. The van der Waals surface area contributed by atoms with Gasteiger partial charge in [0.05, 0.1) is 22.5 Å². The average Bonchev–Trinajstić information content (AvgIpc) is 2.47. The van der Waals surface area contributed by atoms with E-state index < -0.39 is 5.97 Å². The molecule has 21 heavy (non-hydrogen) atoms. The number of fused-ring (bicyclic) bond motifs is 1. The second kappa shape index (κ2) is 5.14. The number of aryl methyl sites for hydroxylation is 1. The molecule has 0 fully saturated rings. The molecular weight excluding hydrogens is 288 g/mol. The quantitative estimate of drug-likeness (QED) is 0.778. The van der Waals surface area contributed by atoms with Crippen LogP contribution in [-0.2, 0) is 0 Å². The Balaban J connectivity index is 2.38. The van der Waals surface area contributed by atoms with E-state index in [0.717, 1.165) is 5.56 Å². The van der Waals surface area contributed by atoms with Crippen LogP contribution >= 0.6 is 11.6 Å². The molecule has 2 heterocycles. The number of aromatic carboxylic acids is 1. The lowest BCUT2D eigenvalue weighted by Gasteiger charge is -2.09. The molecule has 0 atom stereocenters. The Labute approximate surface area is 126 Å². The Morgan fingerprint density at radius 1 is 1.19 bits per heavy atom. The summed E-state index contributed by atoms with van der Waals surface area (Å²) in [6, 6.07) is 10.4. The lowest BCUT2D eigenvalue weighted by atomic mass is 10.0. The second-order valence-corrected chi connectivity index (χ2v) is 5.13. The smallest absolute Gasteiger partial charge is 0.336 e. The predicted molar refractivity (Wildman–Crippen MR) is 81.7 cm³/mol. The summed E-state index contributed by atoms with van der Waals surface area (Å²) < 4.78 is 0. The highest BCUT2D eigenvalue weighted by atomic mass is 35.5. The lowest BCUT2D eigenvalue weighted by molar-refractivity contribution is 0.0699. The van der Waals surface area contributed by atoms with Gasteiger partial charge in [-0.2, -0.15) is 0 Å². The van der Waals surface area contributed by atoms with Gasteiger partial charge >= 0.3 is 5.97 Å². The highest BCUT2D eigenvalue weighted by Crippen LogP contribution is 2.28. The van der Waals surface area contributed by atoms with E-state index in [1.54, 1.807) is 30.5 Å². The van der Waals surface area contributed by atoms with Gasteiger partial charge in [-0.15, -0.1) is 0 Å². The van der Waals surface area contributed by atoms with Gasteiger partial charge in [0.2, 0.25) is 0 Å². The van der Waals surface area contributed by atoms with Gasteiger partial charge in [-0.1, -0.05) is 17.7 Å². The summed E-state index contributed by atoms with van der Waals surface area (Å²) in [5.41, 5.74) is 2.80. The Hall–Kier alpha value is -2.46. The van der Waals surface area contributed by atoms with Crippen molar-refractivity contribution in [3.8, 4) is 11.4 Å². The van der Waals surface area contributed by atoms with Gasteiger partial charge in [0.25, 0.3) is 0 Å². The predicted octanol–water partition coefficient (Wildman–Crippen LogP) is 3.96. The first kappa shape index (κ1) is 13.5. The van der Waals surface area contributed by atoms with Gasteiger partial charge in [-0.3, -0.25) is 4.98 Å². The largest absolute Gasteiger partial charge is 0.478 e. The summed E-state index contributed by atoms with van der Waals surface area (Å²) in [7, 11) is 0. The van der Waals surface area contributed by atoms with E-state index in [1.807, 2.05) is 13.0 Å². The third-order valence-electron chi connectivity index (χ3n) is 3.23. The number of carbonyl (C=O) groups is 1. The summed E-state index contributed by atoms with van der Waals surface area (Å²) in [4.78, 5) is 20.3. The van der Waals surface area contributed by atoms with Crippen molar-refractivity contribution in [2.75, 3.05) is 0 Å². The fourth-order valence-electron chi connectivity index (χ4n) is 2.28. The van der Waals surface area contributed by atoms with Crippen molar-refractivity contribution in [1.82, 2.24) is 9.97 Å². The minimum Gasteiger partial charge on any atom is -0.478 e. The topological polar surface area (TPSA) is 63.1 Å². The molecule has 0 radical (unpaired) electrons. The molecule has 1 aromatic carbocycles. The summed E-state index contributed by atoms with van der Waals surface area (Å²) in [5.74, 6) is -1.01. The number of hydrogen-bond acceptors (Lipinski definition) is 3. The van der Waals surface area contributed by atoms with Crippen molar-refractivity contribution in [3.05, 3.63) is 58.7 Å². The van der Waals surface area contributed by atoms with Crippen LogP contribution in [0.1, 0.15) is 15.9 Å². The summed E-state index contributed by atoms with van der Waals surface area (Å²) in [6.45, 7) is 1.86. The van der Waals surface area contributed by atoms with Crippen LogP contribution in [0.15, 0.2) is 42.6 Å². The van der Waals surface area contributed by atoms with Crippen molar-refractivity contribution in [2.45, 2.75) is 6.92 Å². The van der Waals surface area contributed by atoms with Gasteiger partial charge in [0, 0.05) is 16.6 Å². The molecule has 0 saturated carbocycles. The molecule has 1 N–H and O–H groups in total. The summed E-state index contributed by atoms with van der Waals surface area (Å²) >= 11 is 6.02. The molecule has 0 saturated heterocycles. The van der Waals surface area contributed by atoms with E-state index in [4.69, 9.17) is 11.6 Å². The maximum atomic E-state index is 11.5. The first-order chi connectivity index (χ1) is 10.1. The van der Waals surface area contributed by atoms with Gasteiger partial charge < -0.3 is 5.11 Å². The normalized spacial score (nSPS) is 10.8. The van der Waals surface area contributed by atoms with E-state index in [9.17, 15) is 9.90 Å². The molecule has 4 nitrogen and oxygen atoms in total. The number of nitrogens with zero attached hydrogens (tertiary/aromatic N) is 2. The molecule has 3 rings (SSSR count). The van der Waals surface area contributed by atoms with Crippen LogP contribution in [0.5, 0.6) is 0 Å². The molecule has 104 valence electrons. The number of carboxylic acids is 1. The molecule has 0 unspecified atom stereocenters. The highest BCUT2D eigenvalue weighted by Gasteiger charge is 2.15. The fourth-order valence-corrected chi connectivity index (χ4v) is 2.55. The van der Waals surface area contributed by atoms with E-state index in [-0.39, 0.29) is 5.56 Å². The first-order valence-electron chi connectivity index (χ1n) is 6.32. The molecule has 0 spiro atoms. The van der Waals surface area contributed by atoms with Crippen LogP contribution in [0.25, 0.3) is 22.3 Å². The zero-order chi connectivity index (χ0) is 15.0. The van der Waals surface area contributed by atoms with E-state index in [2.05, 4.69) is 9.97 Å². The van der Waals surface area contributed by atoms with Gasteiger partial charge in [-0.05, 0) is 42.8 Å². The Morgan fingerprint density at radius 2 is 2.00 bits per heavy atom. The molecule has 5 heteroatoms. The first-order valence-corrected chi connectivity index (χ1v) is 6.69. The molecule has 2 aromatic heterocycles. The monoisotopic (exact) mass is 298 g/mol. The fraction of sp³-hybridized carbons (Fsp3) is 0.0625. The number of carboxylic acid groups (broad SMARTS) is 1. The number of hydrogen-bond donors (Lipinski definition) is 1. The Morgan fingerprint density at radius 3 is 2.67 bits per heavy atom. The minimum atomic E-state index is -1.01. The number of benzene rings is 1. The second-order valence-electron chi connectivity index (χ2n) is 4.69. The minimum absolute atomic E-state index is 0.172. The molecule has 0 amide bonds. The van der Waals surface area contributed by atoms with Gasteiger partial charge in [-0.25, -0.2) is 9.78 Å². The van der Waals surface area contributed by atoms with Crippen LogP contribution in [0.2, 0.25) is 5.02 Å². The van der Waals surface area contributed by atoms with Crippen molar-refractivity contribution >= 4 is 28.5 Å². The van der Waals surface area contributed by atoms with Crippen molar-refractivity contribution in [1.29, 1.82) is 0 Å². The lowest BCUT2D eigenvalue weighted by Crippen LogP contribution is -2.01. The third kappa shape index (κ3) is 2.45. The molecule has 0 aliphatic rings. The zero-order valence-electron chi connectivity index (χ0n) is 11.2.